The Morgan fingerprint density at radius 1 is 1.23 bits per heavy atom. The van der Waals surface area contributed by atoms with Crippen molar-refractivity contribution in [1.82, 2.24) is 0 Å². The molecule has 0 aliphatic rings. The fourth-order valence-corrected chi connectivity index (χ4v) is 7.06. The summed E-state index contributed by atoms with van der Waals surface area (Å²) in [5, 5.41) is 0. The highest BCUT2D eigenvalue weighted by Gasteiger charge is 2.25. The van der Waals surface area contributed by atoms with Gasteiger partial charge in [0.2, 0.25) is 0 Å². The van der Waals surface area contributed by atoms with Gasteiger partial charge in [0.25, 0.3) is 9.28 Å². The number of hydrogen-bond donors (Lipinski definition) is 0. The van der Waals surface area contributed by atoms with Crippen molar-refractivity contribution in [2.24, 2.45) is 0 Å². The molecule has 3 nitrogen and oxygen atoms in total. The summed E-state index contributed by atoms with van der Waals surface area (Å²) in [6.07, 6.45) is 0. The zero-order chi connectivity index (χ0) is 10.9. The fourth-order valence-electron chi connectivity index (χ4n) is 0.717. The normalized spacial score (nSPS) is 14.1. The van der Waals surface area contributed by atoms with Crippen LogP contribution >= 0.6 is 0 Å². The predicted octanol–water partition coefficient (Wildman–Crippen LogP) is 1.38. The highest BCUT2D eigenvalue weighted by Crippen LogP contribution is 2.06. The van der Waals surface area contributed by atoms with Gasteiger partial charge in [0, 0.05) is 7.11 Å². The largest absolute Gasteiger partial charge is 0.444 e. The van der Waals surface area contributed by atoms with Crippen LogP contribution in [0.15, 0.2) is 0 Å². The van der Waals surface area contributed by atoms with Crippen molar-refractivity contribution in [3.8, 4) is 0 Å². The lowest BCUT2D eigenvalue weighted by molar-refractivity contribution is 0.295. The first-order valence-electron chi connectivity index (χ1n) is 4.86. The summed E-state index contributed by atoms with van der Waals surface area (Å²) in [5.74, 6) is 0. The molecule has 0 aliphatic heterocycles. The second-order valence-electron chi connectivity index (χ2n) is 2.74. The number of hydrogen-bond acceptors (Lipinski definition) is 3. The monoisotopic (exact) mass is 240 g/mol. The lowest BCUT2D eigenvalue weighted by Gasteiger charge is -2.24. The van der Waals surface area contributed by atoms with Crippen molar-refractivity contribution in [1.29, 1.82) is 0 Å². The molecule has 0 N–H and O–H groups in total. The van der Waals surface area contributed by atoms with Gasteiger partial charge in [0.05, 0.1) is 0 Å². The molecule has 6 heteroatoms. The second-order valence-corrected chi connectivity index (χ2v) is 9.94. The van der Waals surface area contributed by atoms with E-state index in [9.17, 15) is 0 Å². The molecule has 0 aromatic carbocycles. The van der Waals surface area contributed by atoms with Gasteiger partial charge in [-0.3, -0.25) is 0 Å². The molecule has 0 aromatic heterocycles. The van der Waals surface area contributed by atoms with Crippen molar-refractivity contribution >= 4 is 27.6 Å². The highest BCUT2D eigenvalue weighted by molar-refractivity contribution is 6.72. The van der Waals surface area contributed by atoms with Crippen LogP contribution in [-0.4, -0.2) is 34.7 Å². The Balaban J connectivity index is 0. The molecule has 0 fully saturated rings. The van der Waals surface area contributed by atoms with E-state index in [1.165, 1.54) is 0 Å². The Morgan fingerprint density at radius 3 is 2.00 bits per heavy atom. The Morgan fingerprint density at radius 2 is 1.69 bits per heavy atom. The van der Waals surface area contributed by atoms with E-state index in [1.54, 1.807) is 7.11 Å². The van der Waals surface area contributed by atoms with E-state index in [2.05, 4.69) is 13.1 Å². The zero-order valence-corrected chi connectivity index (χ0v) is 13.6. The SMILES string of the molecule is CC.CO[Si](C)(C)O[SiH](C)O[SiH2]C. The Kier molecular flexibility index (Phi) is 11.2. The molecule has 0 spiro atoms. The van der Waals surface area contributed by atoms with Crippen LogP contribution in [0.4, 0.5) is 0 Å². The second kappa shape index (κ2) is 9.10. The molecule has 82 valence electrons. The Hall–Kier alpha value is 0.531. The molecular formula is C7H24O3Si3. The topological polar surface area (TPSA) is 27.7 Å². The van der Waals surface area contributed by atoms with Gasteiger partial charge in [-0.05, 0) is 19.6 Å². The number of rotatable bonds is 5. The van der Waals surface area contributed by atoms with Gasteiger partial charge < -0.3 is 12.7 Å². The maximum atomic E-state index is 5.70. The summed E-state index contributed by atoms with van der Waals surface area (Å²) in [6, 6.07) is 0. The van der Waals surface area contributed by atoms with E-state index in [-0.39, 0.29) is 9.76 Å². The molecular weight excluding hydrogens is 216 g/mol. The molecule has 0 saturated carbocycles. The summed E-state index contributed by atoms with van der Waals surface area (Å²) in [5.41, 5.74) is 0. The van der Waals surface area contributed by atoms with Crippen LogP contribution in [0.1, 0.15) is 13.8 Å². The lowest BCUT2D eigenvalue weighted by Crippen LogP contribution is -2.40. The molecule has 1 unspecified atom stereocenters. The molecule has 0 amide bonds. The standard InChI is InChI=1S/C5H18O3Si3.C2H6/c1-6-11(4,5)8-10(3)7-9-2;1-2/h10H,9H2,1-5H3;1-2H3. The van der Waals surface area contributed by atoms with E-state index >= 15 is 0 Å². The lowest BCUT2D eigenvalue weighted by atomic mass is 11.0. The van der Waals surface area contributed by atoms with Crippen molar-refractivity contribution in [3.63, 3.8) is 0 Å². The van der Waals surface area contributed by atoms with Crippen molar-refractivity contribution in [2.45, 2.75) is 40.0 Å². The van der Waals surface area contributed by atoms with Crippen LogP contribution in [0.2, 0.25) is 26.2 Å². The van der Waals surface area contributed by atoms with E-state index in [0.717, 1.165) is 0 Å². The molecule has 0 heterocycles. The summed E-state index contributed by atoms with van der Waals surface area (Å²) in [7, 11) is -1.77. The minimum Gasteiger partial charge on any atom is -0.444 e. The molecule has 0 rings (SSSR count). The van der Waals surface area contributed by atoms with E-state index in [1.807, 2.05) is 26.9 Å². The minimum absolute atomic E-state index is 0.307. The van der Waals surface area contributed by atoms with E-state index < -0.39 is 17.8 Å². The Bertz CT molecular complexity index is 111. The minimum atomic E-state index is -1.82. The smallest absolute Gasteiger partial charge is 0.322 e. The zero-order valence-electron chi connectivity index (χ0n) is 10.0. The van der Waals surface area contributed by atoms with Gasteiger partial charge >= 0.3 is 8.56 Å². The van der Waals surface area contributed by atoms with E-state index in [4.69, 9.17) is 12.7 Å². The van der Waals surface area contributed by atoms with E-state index in [0.29, 0.717) is 0 Å². The van der Waals surface area contributed by atoms with Crippen LogP contribution in [0, 0.1) is 0 Å². The first kappa shape index (κ1) is 16.0. The summed E-state index contributed by atoms with van der Waals surface area (Å²) >= 11 is 0. The summed E-state index contributed by atoms with van der Waals surface area (Å²) in [6.45, 7) is 12.3. The summed E-state index contributed by atoms with van der Waals surface area (Å²) in [4.78, 5) is 0. The van der Waals surface area contributed by atoms with Gasteiger partial charge in [-0.1, -0.05) is 20.4 Å². The maximum absolute atomic E-state index is 5.70. The Labute approximate surface area is 87.8 Å². The van der Waals surface area contributed by atoms with Gasteiger partial charge in [-0.25, -0.2) is 0 Å². The third-order valence-electron chi connectivity index (χ3n) is 1.34. The van der Waals surface area contributed by atoms with Crippen LogP contribution in [0.25, 0.3) is 0 Å². The summed E-state index contributed by atoms with van der Waals surface area (Å²) < 4.78 is 16.4. The van der Waals surface area contributed by atoms with Crippen LogP contribution in [0.3, 0.4) is 0 Å². The van der Waals surface area contributed by atoms with Gasteiger partial charge in [0.15, 0.2) is 0 Å². The quantitative estimate of drug-likeness (QED) is 0.680. The first-order valence-corrected chi connectivity index (χ1v) is 11.8. The third kappa shape index (κ3) is 10.5. The van der Waals surface area contributed by atoms with Crippen LogP contribution in [0.5, 0.6) is 0 Å². The molecule has 13 heavy (non-hydrogen) atoms. The van der Waals surface area contributed by atoms with Gasteiger partial charge in [-0.2, -0.15) is 0 Å². The molecule has 0 aliphatic carbocycles. The third-order valence-corrected chi connectivity index (χ3v) is 9.14. The highest BCUT2D eigenvalue weighted by atomic mass is 28.4. The maximum Gasteiger partial charge on any atom is 0.322 e. The van der Waals surface area contributed by atoms with Crippen LogP contribution < -0.4 is 0 Å². The average molecular weight is 241 g/mol. The van der Waals surface area contributed by atoms with Crippen molar-refractivity contribution < 1.29 is 12.7 Å². The molecule has 0 bridgehead atoms. The van der Waals surface area contributed by atoms with Crippen molar-refractivity contribution in [2.75, 3.05) is 7.11 Å². The van der Waals surface area contributed by atoms with Gasteiger partial charge in [0.1, 0.15) is 9.76 Å². The van der Waals surface area contributed by atoms with Gasteiger partial charge in [-0.15, -0.1) is 0 Å². The fraction of sp³-hybridized carbons (Fsp3) is 1.00. The molecule has 0 radical (unpaired) electrons. The molecule has 0 saturated heterocycles. The molecule has 1 atom stereocenters. The van der Waals surface area contributed by atoms with Crippen LogP contribution in [-0.2, 0) is 12.7 Å². The van der Waals surface area contributed by atoms with Crippen molar-refractivity contribution in [3.05, 3.63) is 0 Å². The predicted molar refractivity (Wildman–Crippen MR) is 65.4 cm³/mol. The first-order chi connectivity index (χ1) is 6.02. The average Bonchev–Trinajstić information content (AvgIpc) is 2.08. The molecule has 0 aromatic rings.